The highest BCUT2D eigenvalue weighted by Crippen LogP contribution is 2.05. The fourth-order valence-corrected chi connectivity index (χ4v) is 1.60. The Hall–Kier alpha value is 0.440. The maximum Gasteiger partial charge on any atom is 0.00723 e. The van der Waals surface area contributed by atoms with Gasteiger partial charge < -0.3 is 5.32 Å². The lowest BCUT2D eigenvalue weighted by Gasteiger charge is -2.18. The van der Waals surface area contributed by atoms with Gasteiger partial charge in [-0.2, -0.15) is 0 Å². The number of nitrogens with one attached hydrogen (secondary N) is 1. The van der Waals surface area contributed by atoms with Crippen LogP contribution in [0.5, 0.6) is 0 Å². The van der Waals surface area contributed by atoms with Crippen LogP contribution < -0.4 is 5.32 Å². The van der Waals surface area contributed by atoms with Crippen LogP contribution in [0.2, 0.25) is 0 Å². The average molecular weight is 236 g/mol. The summed E-state index contributed by atoms with van der Waals surface area (Å²) < 4.78 is 0. The van der Waals surface area contributed by atoms with Gasteiger partial charge >= 0.3 is 0 Å². The summed E-state index contributed by atoms with van der Waals surface area (Å²) >= 11 is 3.50. The van der Waals surface area contributed by atoms with Crippen LogP contribution in [0.4, 0.5) is 0 Å². The van der Waals surface area contributed by atoms with Crippen molar-refractivity contribution < 1.29 is 0 Å². The molecule has 2 unspecified atom stereocenters. The van der Waals surface area contributed by atoms with Crippen molar-refractivity contribution in [1.82, 2.24) is 5.32 Å². The van der Waals surface area contributed by atoms with Gasteiger partial charge in [-0.3, -0.25) is 0 Å². The van der Waals surface area contributed by atoms with Crippen molar-refractivity contribution in [3.8, 4) is 0 Å². The third kappa shape index (κ3) is 6.01. The van der Waals surface area contributed by atoms with Crippen LogP contribution in [0.3, 0.4) is 0 Å². The number of rotatable bonds is 7. The summed E-state index contributed by atoms with van der Waals surface area (Å²) in [6.45, 7) is 7.95. The molecule has 0 aromatic carbocycles. The third-order valence-electron chi connectivity index (χ3n) is 2.34. The molecule has 0 fully saturated rings. The van der Waals surface area contributed by atoms with Gasteiger partial charge in [0.25, 0.3) is 0 Å². The molecule has 0 amide bonds. The molecule has 0 saturated carbocycles. The maximum atomic E-state index is 3.54. The van der Waals surface area contributed by atoms with Crippen molar-refractivity contribution in [3.63, 3.8) is 0 Å². The highest BCUT2D eigenvalue weighted by atomic mass is 79.9. The van der Waals surface area contributed by atoms with E-state index in [-0.39, 0.29) is 0 Å². The summed E-state index contributed by atoms with van der Waals surface area (Å²) in [5, 5.41) is 4.63. The predicted molar refractivity (Wildman–Crippen MR) is 59.9 cm³/mol. The molecule has 1 nitrogen and oxygen atoms in total. The number of halogens is 1. The number of hydrogen-bond acceptors (Lipinski definition) is 1. The zero-order valence-electron chi connectivity index (χ0n) is 8.57. The Bertz CT molecular complexity index is 95.8. The molecule has 0 radical (unpaired) electrons. The normalized spacial score (nSPS) is 16.0. The second-order valence-electron chi connectivity index (χ2n) is 3.58. The number of unbranched alkanes of at least 4 members (excludes halogenated alkanes) is 2. The smallest absolute Gasteiger partial charge is 0.00723 e. The van der Waals surface area contributed by atoms with E-state index >= 15 is 0 Å². The summed E-state index contributed by atoms with van der Waals surface area (Å²) in [7, 11) is 0. The van der Waals surface area contributed by atoms with Crippen LogP contribution in [-0.4, -0.2) is 17.9 Å². The fraction of sp³-hybridized carbons (Fsp3) is 1.00. The topological polar surface area (TPSA) is 12.0 Å². The summed E-state index contributed by atoms with van der Waals surface area (Å²) in [5.74, 6) is 0.728. The minimum atomic E-state index is 0.640. The summed E-state index contributed by atoms with van der Waals surface area (Å²) in [6.07, 6.45) is 3.97. The molecule has 74 valence electrons. The molecule has 0 aromatic rings. The molecule has 0 heterocycles. The summed E-state index contributed by atoms with van der Waals surface area (Å²) in [5.41, 5.74) is 0. The van der Waals surface area contributed by atoms with Crippen LogP contribution in [0, 0.1) is 5.92 Å². The highest BCUT2D eigenvalue weighted by molar-refractivity contribution is 9.09. The van der Waals surface area contributed by atoms with E-state index in [2.05, 4.69) is 42.0 Å². The first-order chi connectivity index (χ1) is 5.72. The van der Waals surface area contributed by atoms with Crippen molar-refractivity contribution in [3.05, 3.63) is 0 Å². The minimum absolute atomic E-state index is 0.640. The lowest BCUT2D eigenvalue weighted by Crippen LogP contribution is -2.33. The summed E-state index contributed by atoms with van der Waals surface area (Å²) in [4.78, 5) is 0. The Morgan fingerprint density at radius 3 is 2.42 bits per heavy atom. The molecular formula is C10H22BrN. The Labute approximate surface area is 85.4 Å². The van der Waals surface area contributed by atoms with Gasteiger partial charge in [-0.25, -0.2) is 0 Å². The molecular weight excluding hydrogens is 214 g/mol. The van der Waals surface area contributed by atoms with Gasteiger partial charge in [0.2, 0.25) is 0 Å². The monoisotopic (exact) mass is 235 g/mol. The van der Waals surface area contributed by atoms with Gasteiger partial charge in [-0.15, -0.1) is 0 Å². The van der Waals surface area contributed by atoms with Gasteiger partial charge in [-0.1, -0.05) is 42.6 Å². The molecule has 0 bridgehead atoms. The third-order valence-corrected chi connectivity index (χ3v) is 3.36. The van der Waals surface area contributed by atoms with E-state index in [1.54, 1.807) is 0 Å². The second-order valence-corrected chi connectivity index (χ2v) is 4.23. The van der Waals surface area contributed by atoms with E-state index in [0.717, 1.165) is 11.2 Å². The summed E-state index contributed by atoms with van der Waals surface area (Å²) in [6, 6.07) is 0.640. The van der Waals surface area contributed by atoms with Gasteiger partial charge in [0.05, 0.1) is 0 Å². The van der Waals surface area contributed by atoms with Gasteiger partial charge in [0.1, 0.15) is 0 Å². The van der Waals surface area contributed by atoms with Gasteiger partial charge in [0.15, 0.2) is 0 Å². The molecule has 0 aromatic heterocycles. The van der Waals surface area contributed by atoms with E-state index in [1.807, 2.05) is 0 Å². The highest BCUT2D eigenvalue weighted by Gasteiger charge is 2.08. The molecule has 2 heteroatoms. The predicted octanol–water partition coefficient (Wildman–Crippen LogP) is 3.19. The minimum Gasteiger partial charge on any atom is -0.314 e. The maximum absolute atomic E-state index is 3.54. The van der Waals surface area contributed by atoms with Crippen molar-refractivity contribution >= 4 is 15.9 Å². The van der Waals surface area contributed by atoms with Crippen LogP contribution in [-0.2, 0) is 0 Å². The second kappa shape index (κ2) is 8.06. The zero-order chi connectivity index (χ0) is 9.40. The van der Waals surface area contributed by atoms with E-state index < -0.39 is 0 Å². The lowest BCUT2D eigenvalue weighted by atomic mass is 10.1. The van der Waals surface area contributed by atoms with E-state index in [9.17, 15) is 0 Å². The van der Waals surface area contributed by atoms with Crippen molar-refractivity contribution in [1.29, 1.82) is 0 Å². The first kappa shape index (κ1) is 12.4. The Kier molecular flexibility index (Phi) is 8.35. The van der Waals surface area contributed by atoms with Crippen molar-refractivity contribution in [2.45, 2.75) is 46.1 Å². The van der Waals surface area contributed by atoms with E-state index in [1.165, 1.54) is 25.8 Å². The lowest BCUT2D eigenvalue weighted by molar-refractivity contribution is 0.428. The first-order valence-electron chi connectivity index (χ1n) is 5.01. The largest absolute Gasteiger partial charge is 0.314 e. The van der Waals surface area contributed by atoms with E-state index in [4.69, 9.17) is 0 Å². The van der Waals surface area contributed by atoms with Crippen molar-refractivity contribution in [2.24, 2.45) is 5.92 Å². The van der Waals surface area contributed by atoms with Crippen LogP contribution in [0.1, 0.15) is 40.0 Å². The van der Waals surface area contributed by atoms with Crippen LogP contribution in [0.25, 0.3) is 0 Å². The van der Waals surface area contributed by atoms with Crippen LogP contribution in [0.15, 0.2) is 0 Å². The molecule has 0 saturated heterocycles. The zero-order valence-corrected chi connectivity index (χ0v) is 10.2. The van der Waals surface area contributed by atoms with Crippen LogP contribution >= 0.6 is 15.9 Å². The number of alkyl halides is 1. The molecule has 2 atom stereocenters. The molecule has 0 aliphatic carbocycles. The van der Waals surface area contributed by atoms with Gasteiger partial charge in [-0.05, 0) is 25.8 Å². The Morgan fingerprint density at radius 1 is 1.25 bits per heavy atom. The Balaban J connectivity index is 3.24. The standard InChI is InChI=1S/C10H22BrN/c1-4-5-6-7-12-10(3)9(2)8-11/h9-10,12H,4-8H2,1-3H3. The molecule has 12 heavy (non-hydrogen) atoms. The van der Waals surface area contributed by atoms with E-state index in [0.29, 0.717) is 6.04 Å². The molecule has 0 aliphatic heterocycles. The molecule has 0 rings (SSSR count). The SMILES string of the molecule is CCCCCNC(C)C(C)CBr. The van der Waals surface area contributed by atoms with Gasteiger partial charge in [0, 0.05) is 11.4 Å². The molecule has 1 N–H and O–H groups in total. The quantitative estimate of drug-likeness (QED) is 0.528. The Morgan fingerprint density at radius 2 is 1.92 bits per heavy atom. The average Bonchev–Trinajstić information content (AvgIpc) is 2.10. The molecule has 0 aliphatic rings. The first-order valence-corrected chi connectivity index (χ1v) is 6.13. The van der Waals surface area contributed by atoms with Crippen molar-refractivity contribution in [2.75, 3.05) is 11.9 Å². The number of hydrogen-bond donors (Lipinski definition) is 1. The molecule has 0 spiro atoms. The fourth-order valence-electron chi connectivity index (χ4n) is 1.04.